The van der Waals surface area contributed by atoms with Gasteiger partial charge in [-0.05, 0) is 31.2 Å². The van der Waals surface area contributed by atoms with Crippen molar-refractivity contribution >= 4 is 27.1 Å². The lowest BCUT2D eigenvalue weighted by Gasteiger charge is -2.26. The Kier molecular flexibility index (Phi) is 6.65. The van der Waals surface area contributed by atoms with Gasteiger partial charge >= 0.3 is 0 Å². The topological polar surface area (TPSA) is 123 Å². The summed E-state index contributed by atoms with van der Waals surface area (Å²) in [5, 5.41) is 15.8. The second-order valence-corrected chi connectivity index (χ2v) is 8.40. The number of para-hydroxylation sites is 1. The highest BCUT2D eigenvalue weighted by molar-refractivity contribution is 7.89. The summed E-state index contributed by atoms with van der Waals surface area (Å²) in [5.74, 6) is 0.613. The normalized spacial score (nSPS) is 15.6. The van der Waals surface area contributed by atoms with Crippen molar-refractivity contribution in [3.8, 4) is 5.75 Å². The number of nitro groups is 1. The van der Waals surface area contributed by atoms with Crippen LogP contribution in [0.3, 0.4) is 0 Å². The third kappa shape index (κ3) is 4.58. The predicted molar refractivity (Wildman–Crippen MR) is 112 cm³/mol. The van der Waals surface area contributed by atoms with Crippen LogP contribution in [-0.2, 0) is 14.8 Å². The number of rotatable bonds is 7. The number of anilines is 1. The minimum absolute atomic E-state index is 0.0789. The van der Waals surface area contributed by atoms with Crippen LogP contribution in [0.1, 0.15) is 12.5 Å². The minimum Gasteiger partial charge on any atom is -0.496 e. The number of ether oxygens (including phenoxy) is 2. The van der Waals surface area contributed by atoms with Gasteiger partial charge < -0.3 is 9.47 Å². The van der Waals surface area contributed by atoms with Crippen LogP contribution in [0, 0.1) is 10.1 Å². The zero-order valence-electron chi connectivity index (χ0n) is 16.6. The van der Waals surface area contributed by atoms with Gasteiger partial charge in [-0.15, -0.1) is 0 Å². The zero-order chi connectivity index (χ0) is 21.7. The zero-order valence-corrected chi connectivity index (χ0v) is 17.4. The van der Waals surface area contributed by atoms with E-state index in [9.17, 15) is 18.5 Å². The van der Waals surface area contributed by atoms with Crippen LogP contribution in [0.15, 0.2) is 52.5 Å². The molecule has 0 saturated carbocycles. The highest BCUT2D eigenvalue weighted by atomic mass is 32.2. The summed E-state index contributed by atoms with van der Waals surface area (Å²) in [7, 11) is -2.31. The molecule has 1 fully saturated rings. The van der Waals surface area contributed by atoms with E-state index in [-0.39, 0.29) is 42.6 Å². The summed E-state index contributed by atoms with van der Waals surface area (Å²) in [6.45, 7) is 2.72. The van der Waals surface area contributed by atoms with Crippen molar-refractivity contribution in [3.05, 3.63) is 58.1 Å². The molecule has 2 aromatic carbocycles. The van der Waals surface area contributed by atoms with E-state index in [0.29, 0.717) is 11.5 Å². The molecule has 1 aliphatic rings. The van der Waals surface area contributed by atoms with E-state index in [1.54, 1.807) is 13.0 Å². The summed E-state index contributed by atoms with van der Waals surface area (Å²) < 4.78 is 37.3. The van der Waals surface area contributed by atoms with Crippen LogP contribution in [-0.4, -0.2) is 56.8 Å². The number of nitro benzene ring substituents is 1. The van der Waals surface area contributed by atoms with Gasteiger partial charge in [-0.2, -0.15) is 9.41 Å². The van der Waals surface area contributed by atoms with E-state index >= 15 is 0 Å². The van der Waals surface area contributed by atoms with Gasteiger partial charge in [0.05, 0.1) is 35.9 Å². The summed E-state index contributed by atoms with van der Waals surface area (Å²) in [6.07, 6.45) is 0. The fourth-order valence-electron chi connectivity index (χ4n) is 3.00. The lowest BCUT2D eigenvalue weighted by Crippen LogP contribution is -2.40. The van der Waals surface area contributed by atoms with Gasteiger partial charge in [0.25, 0.3) is 5.69 Å². The summed E-state index contributed by atoms with van der Waals surface area (Å²) >= 11 is 0. The van der Waals surface area contributed by atoms with Crippen LogP contribution in [0.2, 0.25) is 0 Å². The van der Waals surface area contributed by atoms with Crippen molar-refractivity contribution in [3.63, 3.8) is 0 Å². The maximum Gasteiger partial charge on any atom is 0.295 e. The van der Waals surface area contributed by atoms with E-state index in [2.05, 4.69) is 10.5 Å². The summed E-state index contributed by atoms with van der Waals surface area (Å²) in [4.78, 5) is 10.8. The fourth-order valence-corrected chi connectivity index (χ4v) is 4.43. The average Bonchev–Trinajstić information content (AvgIpc) is 2.77. The first-order chi connectivity index (χ1) is 14.3. The molecule has 30 heavy (non-hydrogen) atoms. The molecule has 11 heteroatoms. The molecule has 0 spiro atoms. The van der Waals surface area contributed by atoms with Gasteiger partial charge in [0.1, 0.15) is 11.4 Å². The average molecular weight is 434 g/mol. The number of sulfonamides is 1. The Hall–Kier alpha value is -3.02. The van der Waals surface area contributed by atoms with Crippen LogP contribution in [0.5, 0.6) is 5.75 Å². The van der Waals surface area contributed by atoms with E-state index in [4.69, 9.17) is 9.47 Å². The number of hydrazone groups is 1. The monoisotopic (exact) mass is 434 g/mol. The molecule has 0 amide bonds. The Balaban J connectivity index is 1.90. The second-order valence-electron chi connectivity index (χ2n) is 6.46. The molecule has 1 aliphatic heterocycles. The van der Waals surface area contributed by atoms with Gasteiger partial charge in [-0.1, -0.05) is 12.1 Å². The first-order valence-electron chi connectivity index (χ1n) is 9.14. The molecule has 10 nitrogen and oxygen atoms in total. The van der Waals surface area contributed by atoms with E-state index in [0.717, 1.165) is 11.6 Å². The molecule has 1 heterocycles. The first-order valence-corrected chi connectivity index (χ1v) is 10.6. The number of hydrogen-bond acceptors (Lipinski definition) is 8. The maximum atomic E-state index is 12.8. The molecule has 0 aromatic heterocycles. The van der Waals surface area contributed by atoms with Crippen molar-refractivity contribution < 1.29 is 22.8 Å². The summed E-state index contributed by atoms with van der Waals surface area (Å²) in [6, 6.07) is 10.9. The van der Waals surface area contributed by atoms with Gasteiger partial charge in [0.2, 0.25) is 10.0 Å². The Morgan fingerprint density at radius 3 is 2.60 bits per heavy atom. The lowest BCUT2D eigenvalue weighted by atomic mass is 10.1. The van der Waals surface area contributed by atoms with Crippen LogP contribution in [0.4, 0.5) is 11.4 Å². The molecule has 0 atom stereocenters. The molecule has 160 valence electrons. The van der Waals surface area contributed by atoms with Crippen molar-refractivity contribution in [2.45, 2.75) is 11.8 Å². The van der Waals surface area contributed by atoms with Crippen LogP contribution >= 0.6 is 0 Å². The Morgan fingerprint density at radius 1 is 1.23 bits per heavy atom. The third-order valence-electron chi connectivity index (χ3n) is 4.61. The Morgan fingerprint density at radius 2 is 1.93 bits per heavy atom. The van der Waals surface area contributed by atoms with Crippen LogP contribution in [0.25, 0.3) is 0 Å². The number of morpholine rings is 1. The van der Waals surface area contributed by atoms with Crippen molar-refractivity contribution in [2.24, 2.45) is 5.10 Å². The Bertz CT molecular complexity index is 1060. The highest BCUT2D eigenvalue weighted by Gasteiger charge is 2.28. The molecule has 0 aliphatic carbocycles. The van der Waals surface area contributed by atoms with E-state index < -0.39 is 14.9 Å². The van der Waals surface area contributed by atoms with E-state index in [1.165, 1.54) is 23.5 Å². The summed E-state index contributed by atoms with van der Waals surface area (Å²) in [5.41, 5.74) is 3.63. The lowest BCUT2D eigenvalue weighted by molar-refractivity contribution is -0.384. The maximum absolute atomic E-state index is 12.8. The molecule has 0 radical (unpaired) electrons. The Labute approximate surface area is 174 Å². The van der Waals surface area contributed by atoms with E-state index in [1.807, 2.05) is 18.2 Å². The highest BCUT2D eigenvalue weighted by Crippen LogP contribution is 2.29. The number of nitrogens with zero attached hydrogens (tertiary/aromatic N) is 3. The van der Waals surface area contributed by atoms with Crippen molar-refractivity contribution in [2.75, 3.05) is 38.8 Å². The minimum atomic E-state index is -3.85. The van der Waals surface area contributed by atoms with Gasteiger partial charge in [0, 0.05) is 24.7 Å². The number of nitrogens with one attached hydrogen (secondary N) is 1. The molecule has 1 saturated heterocycles. The molecule has 1 N–H and O–H groups in total. The predicted octanol–water partition coefficient (Wildman–Crippen LogP) is 2.46. The SMILES string of the molecule is COc1ccccc1/C(C)=N\Nc1ccc(S(=O)(=O)N2CCOCC2)cc1[N+](=O)[O-]. The third-order valence-corrected chi connectivity index (χ3v) is 6.51. The molecule has 0 bridgehead atoms. The van der Waals surface area contributed by atoms with Crippen molar-refractivity contribution in [1.82, 2.24) is 4.31 Å². The number of benzene rings is 2. The van der Waals surface area contributed by atoms with Gasteiger partial charge in [-0.3, -0.25) is 15.5 Å². The fraction of sp³-hybridized carbons (Fsp3) is 0.316. The van der Waals surface area contributed by atoms with Gasteiger partial charge in [-0.25, -0.2) is 8.42 Å². The van der Waals surface area contributed by atoms with Crippen molar-refractivity contribution in [1.29, 1.82) is 0 Å². The number of hydrogen-bond donors (Lipinski definition) is 1. The molecular weight excluding hydrogens is 412 g/mol. The largest absolute Gasteiger partial charge is 0.496 e. The molecule has 2 aromatic rings. The molecule has 0 unspecified atom stereocenters. The quantitative estimate of drug-likeness (QED) is 0.403. The molecule has 3 rings (SSSR count). The second kappa shape index (κ2) is 9.20. The smallest absolute Gasteiger partial charge is 0.295 e. The van der Waals surface area contributed by atoms with Gasteiger partial charge in [0.15, 0.2) is 0 Å². The number of methoxy groups -OCH3 is 1. The molecular formula is C19H22N4O6S. The first kappa shape index (κ1) is 21.7. The standard InChI is InChI=1S/C19H22N4O6S/c1-14(16-5-3-4-6-19(16)28-2)20-21-17-8-7-15(13-18(17)23(24)25)30(26,27)22-9-11-29-12-10-22/h3-8,13,21H,9-12H2,1-2H3/b20-14-. The van der Waals surface area contributed by atoms with Crippen LogP contribution < -0.4 is 10.2 Å².